The molecule has 10 nitrogen and oxygen atoms in total. The van der Waals surface area contributed by atoms with Crippen LogP contribution < -0.4 is 10.2 Å². The average molecular weight is 701 g/mol. The molecule has 3 saturated heterocycles. The average Bonchev–Trinajstić information content (AvgIpc) is 3.79. The van der Waals surface area contributed by atoms with Crippen LogP contribution in [0.4, 0.5) is 30.4 Å². The molecule has 5 aliphatic rings. The number of rotatable bonds is 8. The zero-order chi connectivity index (χ0) is 35.0. The fourth-order valence-corrected chi connectivity index (χ4v) is 9.01. The zero-order valence-corrected chi connectivity index (χ0v) is 28.9. The number of anilines is 3. The third-order valence-electron chi connectivity index (χ3n) is 12.2. The molecule has 1 saturated carbocycles. The Kier molecular flexibility index (Phi) is 8.08. The Morgan fingerprint density at radius 3 is 2.49 bits per heavy atom. The predicted octanol–water partition coefficient (Wildman–Crippen LogP) is 6.15. The lowest BCUT2D eigenvalue weighted by molar-refractivity contribution is -0.128. The maximum absolute atomic E-state index is 14.8. The molecule has 1 amide bonds. The fraction of sp³-hybridized carbons (Fsp3) is 0.526. The first-order valence-electron chi connectivity index (χ1n) is 18.3. The Morgan fingerprint density at radius 1 is 1.00 bits per heavy atom. The van der Waals surface area contributed by atoms with Gasteiger partial charge in [0.1, 0.15) is 5.52 Å². The van der Waals surface area contributed by atoms with Gasteiger partial charge in [-0.15, -0.1) is 0 Å². The third kappa shape index (κ3) is 5.42. The van der Waals surface area contributed by atoms with Crippen molar-refractivity contribution in [2.45, 2.75) is 82.0 Å². The first kappa shape index (κ1) is 32.8. The number of nitrogens with zero attached hydrogens (tertiary/aromatic N) is 7. The monoisotopic (exact) mass is 700 g/mol. The van der Waals surface area contributed by atoms with Gasteiger partial charge >= 0.3 is 0 Å². The Balaban J connectivity index is 1.08. The molecule has 13 heteroatoms. The molecule has 1 unspecified atom stereocenters. The number of pyridine rings is 2. The third-order valence-corrected chi connectivity index (χ3v) is 12.2. The molecule has 268 valence electrons. The topological polar surface area (TPSA) is 91.7 Å². The van der Waals surface area contributed by atoms with Crippen LogP contribution in [0.2, 0.25) is 0 Å². The molecule has 9 rings (SSSR count). The highest BCUT2D eigenvalue weighted by Crippen LogP contribution is 2.52. The number of piperidine rings is 1. The summed E-state index contributed by atoms with van der Waals surface area (Å²) in [5, 5.41) is 3.21. The quantitative estimate of drug-likeness (QED) is 0.234. The Morgan fingerprint density at radius 2 is 1.80 bits per heavy atom. The first-order chi connectivity index (χ1) is 24.7. The summed E-state index contributed by atoms with van der Waals surface area (Å²) in [5.41, 5.74) is 4.61. The van der Waals surface area contributed by atoms with Gasteiger partial charge in [-0.2, -0.15) is 0 Å². The minimum Gasteiger partial charge on any atom is -0.378 e. The van der Waals surface area contributed by atoms with Crippen LogP contribution in [0.5, 0.6) is 0 Å². The molecular weight excluding hydrogens is 657 g/mol. The zero-order valence-electron chi connectivity index (χ0n) is 28.9. The normalized spacial score (nSPS) is 25.3. The number of likely N-dealkylation sites (tertiary alicyclic amines) is 2. The van der Waals surface area contributed by atoms with Gasteiger partial charge < -0.3 is 19.5 Å². The number of alkyl halides is 2. The number of aromatic nitrogens is 4. The Hall–Kier alpha value is -4.07. The lowest BCUT2D eigenvalue weighted by Crippen LogP contribution is -2.59. The number of halogens is 3. The van der Waals surface area contributed by atoms with E-state index < -0.39 is 23.6 Å². The molecule has 0 radical (unpaired) electrons. The second-order valence-electron chi connectivity index (χ2n) is 15.3. The number of fused-ring (bicyclic) bond motifs is 3. The molecule has 0 bridgehead atoms. The lowest BCUT2D eigenvalue weighted by Gasteiger charge is -2.47. The number of nitrogens with one attached hydrogen (secondary N) is 1. The summed E-state index contributed by atoms with van der Waals surface area (Å²) < 4.78 is 49.2. The van der Waals surface area contributed by atoms with Crippen LogP contribution in [-0.2, 0) is 14.9 Å². The highest BCUT2D eigenvalue weighted by molar-refractivity contribution is 6.09. The van der Waals surface area contributed by atoms with Crippen LogP contribution in [0.1, 0.15) is 57.6 Å². The van der Waals surface area contributed by atoms with Crippen LogP contribution in [-0.4, -0.2) is 99.2 Å². The van der Waals surface area contributed by atoms with Crippen molar-refractivity contribution in [3.05, 3.63) is 60.4 Å². The minimum absolute atomic E-state index is 0.00334. The van der Waals surface area contributed by atoms with Crippen molar-refractivity contribution in [3.8, 4) is 11.3 Å². The van der Waals surface area contributed by atoms with Crippen molar-refractivity contribution >= 4 is 34.1 Å². The lowest BCUT2D eigenvalue weighted by atomic mass is 9.73. The summed E-state index contributed by atoms with van der Waals surface area (Å²) in [6.07, 6.45) is 5.74. The van der Waals surface area contributed by atoms with Crippen LogP contribution in [0.25, 0.3) is 22.3 Å². The SMILES string of the molecule is CC(C)n1cnc2cc(-c3ccc4c(c3)N([C@H]3C[C@@H](N5CCC(C(F)F)C5)C3)C(=O)C43CCN(C4COC4)CC3)nc(Nc3ccncc3F)c21. The van der Waals surface area contributed by atoms with Gasteiger partial charge in [-0.05, 0) is 89.3 Å². The van der Waals surface area contributed by atoms with E-state index in [2.05, 4.69) is 46.1 Å². The molecule has 1 atom stereocenters. The predicted molar refractivity (Wildman–Crippen MR) is 188 cm³/mol. The Bertz CT molecular complexity index is 1970. The van der Waals surface area contributed by atoms with Crippen LogP contribution in [0.3, 0.4) is 0 Å². The van der Waals surface area contributed by atoms with E-state index in [1.807, 2.05) is 21.6 Å². The molecule has 1 aliphatic carbocycles. The van der Waals surface area contributed by atoms with Crippen LogP contribution >= 0.6 is 0 Å². The number of hydrogen-bond donors (Lipinski definition) is 1. The van der Waals surface area contributed by atoms with Crippen molar-refractivity contribution in [2.75, 3.05) is 49.6 Å². The standard InChI is InChI=1S/C38H43F3N8O2/c1-22(2)48-21-43-32-16-31(45-36(34(32)48)44-30-5-9-42-17-29(30)39)23-3-4-28-33(13-23)49(26-14-25(15-26)47-10-6-24(18-47)35(40)41)37(50)38(28)7-11-46(12-8-38)27-19-51-20-27/h3-5,9,13,16-17,21-22,24-27,35H,6-8,10-12,14-15,18-20H2,1-2H3,(H,42,44,45)/t24?,25-,26+. The summed E-state index contributed by atoms with van der Waals surface area (Å²) >= 11 is 0. The summed E-state index contributed by atoms with van der Waals surface area (Å²) in [5.74, 6) is -0.421. The number of benzene rings is 1. The van der Waals surface area contributed by atoms with Crippen molar-refractivity contribution < 1.29 is 22.7 Å². The number of hydrogen-bond acceptors (Lipinski definition) is 8. The number of imidazole rings is 1. The van der Waals surface area contributed by atoms with Crippen LogP contribution in [0.15, 0.2) is 49.1 Å². The van der Waals surface area contributed by atoms with Crippen LogP contribution in [0, 0.1) is 11.7 Å². The summed E-state index contributed by atoms with van der Waals surface area (Å²) in [4.78, 5) is 35.1. The van der Waals surface area contributed by atoms with E-state index in [0.717, 1.165) is 79.8 Å². The van der Waals surface area contributed by atoms with Gasteiger partial charge in [0.15, 0.2) is 11.6 Å². The Labute approximate surface area is 295 Å². The molecule has 1 N–H and O–H groups in total. The molecule has 1 spiro atoms. The minimum atomic E-state index is -2.29. The van der Waals surface area contributed by atoms with Gasteiger partial charge in [-0.1, -0.05) is 12.1 Å². The molecule has 3 aromatic heterocycles. The van der Waals surface area contributed by atoms with E-state index >= 15 is 0 Å². The smallest absolute Gasteiger partial charge is 0.242 e. The molecule has 7 heterocycles. The van der Waals surface area contributed by atoms with Gasteiger partial charge in [0.05, 0.1) is 54.1 Å². The van der Waals surface area contributed by atoms with Crippen molar-refractivity contribution in [1.82, 2.24) is 29.3 Å². The van der Waals surface area contributed by atoms with Gasteiger partial charge in [0.2, 0.25) is 12.3 Å². The second-order valence-corrected chi connectivity index (χ2v) is 15.3. The second kappa shape index (κ2) is 12.6. The van der Waals surface area contributed by atoms with Crippen molar-refractivity contribution in [2.24, 2.45) is 5.92 Å². The number of ether oxygens (including phenoxy) is 1. The highest BCUT2D eigenvalue weighted by atomic mass is 19.3. The number of carbonyl (C=O) groups is 1. The van der Waals surface area contributed by atoms with Gasteiger partial charge in [0.25, 0.3) is 0 Å². The van der Waals surface area contributed by atoms with E-state index in [4.69, 9.17) is 14.7 Å². The number of carbonyl (C=O) groups excluding carboxylic acids is 1. The molecule has 1 aromatic carbocycles. The van der Waals surface area contributed by atoms with E-state index in [-0.39, 0.29) is 29.7 Å². The van der Waals surface area contributed by atoms with E-state index in [0.29, 0.717) is 37.1 Å². The largest absolute Gasteiger partial charge is 0.378 e. The maximum atomic E-state index is 14.8. The summed E-state index contributed by atoms with van der Waals surface area (Å²) in [6, 6.07) is 10.5. The first-order valence-corrected chi connectivity index (χ1v) is 18.3. The van der Waals surface area contributed by atoms with E-state index in [1.165, 1.54) is 12.4 Å². The van der Waals surface area contributed by atoms with Crippen molar-refractivity contribution in [1.29, 1.82) is 0 Å². The molecule has 4 aromatic rings. The molecular formula is C38H43F3N8O2. The van der Waals surface area contributed by atoms with Gasteiger partial charge in [-0.3, -0.25) is 19.6 Å². The van der Waals surface area contributed by atoms with E-state index in [9.17, 15) is 18.0 Å². The highest BCUT2D eigenvalue weighted by Gasteiger charge is 2.56. The summed E-state index contributed by atoms with van der Waals surface area (Å²) in [6.45, 7) is 8.40. The molecule has 51 heavy (non-hydrogen) atoms. The van der Waals surface area contributed by atoms with Gasteiger partial charge in [-0.25, -0.2) is 23.1 Å². The van der Waals surface area contributed by atoms with Gasteiger partial charge in [0, 0.05) is 48.0 Å². The van der Waals surface area contributed by atoms with Crippen molar-refractivity contribution in [3.63, 3.8) is 0 Å². The summed E-state index contributed by atoms with van der Waals surface area (Å²) in [7, 11) is 0. The number of amides is 1. The fourth-order valence-electron chi connectivity index (χ4n) is 9.01. The molecule has 4 aliphatic heterocycles. The molecule has 4 fully saturated rings. The maximum Gasteiger partial charge on any atom is 0.242 e. The van der Waals surface area contributed by atoms with E-state index in [1.54, 1.807) is 12.4 Å².